The highest BCUT2D eigenvalue weighted by molar-refractivity contribution is 5.55. The molecule has 0 amide bonds. The minimum atomic E-state index is -0.275. The molecule has 0 radical (unpaired) electrons. The monoisotopic (exact) mass is 338 g/mol. The Kier molecular flexibility index (Phi) is 3.67. The molecule has 128 valence electrons. The minimum absolute atomic E-state index is 0.194. The van der Waals surface area contributed by atoms with Crippen molar-refractivity contribution in [1.29, 1.82) is 0 Å². The molecule has 0 bridgehead atoms. The summed E-state index contributed by atoms with van der Waals surface area (Å²) in [6, 6.07) is 4.81. The standard InChI is InChI=1S/C19H19FN4O/c1-12(8-15-10-23-6-4-14(20)9-18(23)21-15)16-11-24-7-5-17(25-3)13(2)19(24)22-16/h4-7,9-12H,8H2,1-3H3. The van der Waals surface area contributed by atoms with Crippen molar-refractivity contribution in [3.05, 3.63) is 65.8 Å². The second-order valence-corrected chi connectivity index (χ2v) is 6.35. The maximum Gasteiger partial charge on any atom is 0.143 e. The van der Waals surface area contributed by atoms with Crippen LogP contribution in [0.4, 0.5) is 4.39 Å². The van der Waals surface area contributed by atoms with Gasteiger partial charge in [0.1, 0.15) is 22.9 Å². The minimum Gasteiger partial charge on any atom is -0.496 e. The van der Waals surface area contributed by atoms with Crippen LogP contribution in [0, 0.1) is 12.7 Å². The molecular formula is C19H19FN4O. The molecule has 0 spiro atoms. The number of methoxy groups -OCH3 is 1. The second-order valence-electron chi connectivity index (χ2n) is 6.35. The van der Waals surface area contributed by atoms with Crippen molar-refractivity contribution in [1.82, 2.24) is 18.8 Å². The smallest absolute Gasteiger partial charge is 0.143 e. The molecule has 0 saturated carbocycles. The summed E-state index contributed by atoms with van der Waals surface area (Å²) in [5.74, 6) is 0.752. The number of aromatic nitrogens is 4. The largest absolute Gasteiger partial charge is 0.496 e. The molecule has 4 heterocycles. The van der Waals surface area contributed by atoms with Gasteiger partial charge in [0.05, 0.1) is 18.5 Å². The third kappa shape index (κ3) is 2.73. The highest BCUT2D eigenvalue weighted by Gasteiger charge is 2.15. The average Bonchev–Trinajstić information content (AvgIpc) is 3.18. The highest BCUT2D eigenvalue weighted by atomic mass is 19.1. The summed E-state index contributed by atoms with van der Waals surface area (Å²) in [5.41, 5.74) is 4.46. The molecule has 6 heteroatoms. The second kappa shape index (κ2) is 5.88. The van der Waals surface area contributed by atoms with E-state index in [2.05, 4.69) is 11.9 Å². The zero-order valence-electron chi connectivity index (χ0n) is 14.4. The van der Waals surface area contributed by atoms with Crippen LogP contribution in [0.1, 0.15) is 29.8 Å². The lowest BCUT2D eigenvalue weighted by Crippen LogP contribution is -1.99. The first-order valence-corrected chi connectivity index (χ1v) is 8.20. The lowest BCUT2D eigenvalue weighted by molar-refractivity contribution is 0.411. The zero-order valence-corrected chi connectivity index (χ0v) is 14.4. The van der Waals surface area contributed by atoms with E-state index in [1.54, 1.807) is 13.3 Å². The Labute approximate surface area is 144 Å². The number of hydrogen-bond acceptors (Lipinski definition) is 3. The number of fused-ring (bicyclic) bond motifs is 2. The molecule has 1 atom stereocenters. The SMILES string of the molecule is COc1ccn2cc(C(C)Cc3cn4ccc(F)cc4n3)nc2c1C. The molecule has 4 aromatic rings. The van der Waals surface area contributed by atoms with Crippen molar-refractivity contribution in [3.63, 3.8) is 0 Å². The topological polar surface area (TPSA) is 43.8 Å². The molecule has 0 fully saturated rings. The lowest BCUT2D eigenvalue weighted by atomic mass is 10.0. The molecule has 0 aliphatic heterocycles. The molecule has 0 N–H and O–H groups in total. The van der Waals surface area contributed by atoms with Crippen LogP contribution in [0.5, 0.6) is 5.75 Å². The zero-order chi connectivity index (χ0) is 17.6. The summed E-state index contributed by atoms with van der Waals surface area (Å²) in [4.78, 5) is 9.28. The Bertz CT molecular complexity index is 1070. The number of ether oxygens (including phenoxy) is 1. The van der Waals surface area contributed by atoms with Crippen LogP contribution in [-0.2, 0) is 6.42 Å². The van der Waals surface area contributed by atoms with E-state index in [4.69, 9.17) is 9.72 Å². The number of nitrogens with zero attached hydrogens (tertiary/aromatic N) is 4. The third-order valence-corrected chi connectivity index (χ3v) is 4.55. The fourth-order valence-electron chi connectivity index (χ4n) is 3.17. The predicted octanol–water partition coefficient (Wildman–Crippen LogP) is 3.78. The molecule has 4 rings (SSSR count). The van der Waals surface area contributed by atoms with Crippen molar-refractivity contribution in [2.75, 3.05) is 7.11 Å². The van der Waals surface area contributed by atoms with Crippen molar-refractivity contribution < 1.29 is 9.13 Å². The van der Waals surface area contributed by atoms with Gasteiger partial charge < -0.3 is 13.5 Å². The first kappa shape index (κ1) is 15.6. The predicted molar refractivity (Wildman–Crippen MR) is 93.8 cm³/mol. The van der Waals surface area contributed by atoms with Crippen LogP contribution in [0.25, 0.3) is 11.3 Å². The third-order valence-electron chi connectivity index (χ3n) is 4.55. The Morgan fingerprint density at radius 2 is 1.96 bits per heavy atom. The van der Waals surface area contributed by atoms with Gasteiger partial charge in [-0.1, -0.05) is 6.92 Å². The van der Waals surface area contributed by atoms with Crippen molar-refractivity contribution in [2.24, 2.45) is 0 Å². The molecule has 5 nitrogen and oxygen atoms in total. The number of aryl methyl sites for hydroxylation is 1. The summed E-state index contributed by atoms with van der Waals surface area (Å²) in [6.45, 7) is 4.13. The van der Waals surface area contributed by atoms with Crippen LogP contribution in [-0.4, -0.2) is 25.9 Å². The van der Waals surface area contributed by atoms with Crippen LogP contribution in [0.2, 0.25) is 0 Å². The number of pyridine rings is 2. The van der Waals surface area contributed by atoms with Gasteiger partial charge in [0, 0.05) is 42.3 Å². The van der Waals surface area contributed by atoms with E-state index < -0.39 is 0 Å². The van der Waals surface area contributed by atoms with Gasteiger partial charge in [-0.2, -0.15) is 0 Å². The van der Waals surface area contributed by atoms with E-state index in [1.165, 1.54) is 12.1 Å². The summed E-state index contributed by atoms with van der Waals surface area (Å²) < 4.78 is 22.5. The van der Waals surface area contributed by atoms with Gasteiger partial charge in [0.25, 0.3) is 0 Å². The van der Waals surface area contributed by atoms with Gasteiger partial charge in [-0.3, -0.25) is 0 Å². The molecule has 0 aromatic carbocycles. The van der Waals surface area contributed by atoms with Gasteiger partial charge in [-0.05, 0) is 25.5 Å². The van der Waals surface area contributed by atoms with Crippen molar-refractivity contribution in [3.8, 4) is 5.75 Å². The summed E-state index contributed by atoms with van der Waals surface area (Å²) in [6.07, 6.45) is 8.37. The van der Waals surface area contributed by atoms with E-state index in [-0.39, 0.29) is 11.7 Å². The molecule has 1 unspecified atom stereocenters. The fraction of sp³-hybridized carbons (Fsp3) is 0.263. The molecular weight excluding hydrogens is 319 g/mol. The van der Waals surface area contributed by atoms with Gasteiger partial charge in [0.2, 0.25) is 0 Å². The van der Waals surface area contributed by atoms with Crippen molar-refractivity contribution in [2.45, 2.75) is 26.2 Å². The molecule has 4 aromatic heterocycles. The number of halogens is 1. The van der Waals surface area contributed by atoms with Crippen LogP contribution >= 0.6 is 0 Å². The van der Waals surface area contributed by atoms with Gasteiger partial charge in [-0.15, -0.1) is 0 Å². The van der Waals surface area contributed by atoms with Gasteiger partial charge in [-0.25, -0.2) is 14.4 Å². The quantitative estimate of drug-likeness (QED) is 0.569. The molecule has 0 aliphatic carbocycles. The fourth-order valence-corrected chi connectivity index (χ4v) is 3.17. The Morgan fingerprint density at radius 1 is 1.16 bits per heavy atom. The summed E-state index contributed by atoms with van der Waals surface area (Å²) in [5, 5.41) is 0. The normalized spacial score (nSPS) is 12.8. The summed E-state index contributed by atoms with van der Waals surface area (Å²) >= 11 is 0. The number of rotatable bonds is 4. The molecule has 0 saturated heterocycles. The Hall–Kier alpha value is -2.89. The van der Waals surface area contributed by atoms with E-state index in [9.17, 15) is 4.39 Å². The molecule has 25 heavy (non-hydrogen) atoms. The van der Waals surface area contributed by atoms with Crippen LogP contribution in [0.3, 0.4) is 0 Å². The number of imidazole rings is 2. The molecule has 0 aliphatic rings. The van der Waals surface area contributed by atoms with Crippen LogP contribution in [0.15, 0.2) is 43.0 Å². The van der Waals surface area contributed by atoms with Gasteiger partial charge >= 0.3 is 0 Å². The first-order chi connectivity index (χ1) is 12.0. The van der Waals surface area contributed by atoms with E-state index >= 15 is 0 Å². The first-order valence-electron chi connectivity index (χ1n) is 8.20. The van der Waals surface area contributed by atoms with Gasteiger partial charge in [0.15, 0.2) is 0 Å². The maximum absolute atomic E-state index is 13.3. The van der Waals surface area contributed by atoms with E-state index in [1.807, 2.05) is 40.4 Å². The number of hydrogen-bond donors (Lipinski definition) is 0. The Balaban J connectivity index is 1.64. The van der Waals surface area contributed by atoms with Crippen molar-refractivity contribution >= 4 is 11.3 Å². The van der Waals surface area contributed by atoms with E-state index in [0.717, 1.165) is 34.8 Å². The lowest BCUT2D eigenvalue weighted by Gasteiger charge is -2.05. The highest BCUT2D eigenvalue weighted by Crippen LogP contribution is 2.25. The maximum atomic E-state index is 13.3. The Morgan fingerprint density at radius 3 is 2.76 bits per heavy atom. The summed E-state index contributed by atoms with van der Waals surface area (Å²) in [7, 11) is 1.66. The average molecular weight is 338 g/mol. The van der Waals surface area contributed by atoms with E-state index in [0.29, 0.717) is 5.65 Å². The van der Waals surface area contributed by atoms with Crippen LogP contribution < -0.4 is 4.74 Å².